The molecule has 114 valence electrons. The minimum absolute atomic E-state index is 0.155. The van der Waals surface area contributed by atoms with Crippen LogP contribution < -0.4 is 4.52 Å². The molecule has 1 atom stereocenters. The van der Waals surface area contributed by atoms with E-state index < -0.39 is 6.57 Å². The summed E-state index contributed by atoms with van der Waals surface area (Å²) in [7, 11) is 1.58. The normalized spacial score (nSPS) is 22.9. The van der Waals surface area contributed by atoms with E-state index in [1.165, 1.54) is 9.34 Å². The molecule has 21 heavy (non-hydrogen) atoms. The Kier molecular flexibility index (Phi) is 4.61. The Hall–Kier alpha value is -1.10. The van der Waals surface area contributed by atoms with Crippen LogP contribution in [0.5, 0.6) is 5.75 Å². The molecule has 1 saturated heterocycles. The van der Waals surface area contributed by atoms with Gasteiger partial charge < -0.3 is 4.52 Å². The van der Waals surface area contributed by atoms with Crippen molar-refractivity contribution in [2.45, 2.75) is 26.3 Å². The van der Waals surface area contributed by atoms with E-state index in [2.05, 4.69) is 0 Å². The van der Waals surface area contributed by atoms with Gasteiger partial charge in [-0.15, -0.1) is 0 Å². The Morgan fingerprint density at radius 1 is 1.33 bits per heavy atom. The van der Waals surface area contributed by atoms with Gasteiger partial charge in [0.25, 0.3) is 0 Å². The zero-order valence-electron chi connectivity index (χ0n) is 11.9. The van der Waals surface area contributed by atoms with Crippen LogP contribution in [0.2, 0.25) is 5.02 Å². The molecule has 1 heterocycles. The van der Waals surface area contributed by atoms with Crippen molar-refractivity contribution in [1.82, 2.24) is 9.34 Å². The lowest BCUT2D eigenvalue weighted by atomic mass is 10.3. The molecule has 1 fully saturated rings. The number of hydrogen-bond acceptors (Lipinski definition) is 4. The van der Waals surface area contributed by atoms with Crippen LogP contribution in [0.1, 0.15) is 20.3 Å². The lowest BCUT2D eigenvalue weighted by molar-refractivity contribution is -0.138. The largest absolute Gasteiger partial charge is 0.433 e. The van der Waals surface area contributed by atoms with E-state index in [0.717, 1.165) is 0 Å². The van der Waals surface area contributed by atoms with Gasteiger partial charge in [-0.05, 0) is 43.9 Å². The molecule has 2 amide bonds. The van der Waals surface area contributed by atoms with E-state index in [9.17, 15) is 9.59 Å². The number of rotatable bonds is 3. The molecule has 1 aromatic rings. The minimum atomic E-state index is -2.98. The van der Waals surface area contributed by atoms with E-state index in [4.69, 9.17) is 27.9 Å². The summed E-state index contributed by atoms with van der Waals surface area (Å²) in [6.07, 6.45) is -0.175. The summed E-state index contributed by atoms with van der Waals surface area (Å²) in [4.78, 5) is 24.2. The standard InChI is InChI=1S/C13H16ClN2O3PS/c1-9(2)16-13(18)8-12(17)15(3)20(16,21)19-11-6-4-5-10(14)7-11/h4-7,9H,8H2,1-3H3. The SMILES string of the molecule is CC(C)N1C(=O)CC(=O)N(C)P1(=S)Oc1cccc(Cl)c1. The van der Waals surface area contributed by atoms with Crippen molar-refractivity contribution in [3.63, 3.8) is 0 Å². The summed E-state index contributed by atoms with van der Waals surface area (Å²) in [5, 5.41) is 0.502. The average molecular weight is 347 g/mol. The molecule has 0 aromatic heterocycles. The lowest BCUT2D eigenvalue weighted by Crippen LogP contribution is -2.48. The number of hydrogen-bond donors (Lipinski definition) is 0. The van der Waals surface area contributed by atoms with Crippen LogP contribution in [0.4, 0.5) is 0 Å². The molecule has 1 aliphatic heterocycles. The highest BCUT2D eigenvalue weighted by atomic mass is 35.5. The number of benzene rings is 1. The summed E-state index contributed by atoms with van der Waals surface area (Å²) < 4.78 is 8.79. The molecular weight excluding hydrogens is 331 g/mol. The zero-order chi connectivity index (χ0) is 15.8. The van der Waals surface area contributed by atoms with Crippen LogP contribution in [-0.4, -0.2) is 34.2 Å². The first kappa shape index (κ1) is 16.3. The van der Waals surface area contributed by atoms with Gasteiger partial charge in [0.15, 0.2) is 0 Å². The second kappa shape index (κ2) is 5.95. The van der Waals surface area contributed by atoms with Crippen molar-refractivity contribution in [1.29, 1.82) is 0 Å². The molecule has 2 rings (SSSR count). The van der Waals surface area contributed by atoms with Gasteiger partial charge in [-0.2, -0.15) is 0 Å². The van der Waals surface area contributed by atoms with Crippen molar-refractivity contribution in [2.24, 2.45) is 0 Å². The van der Waals surface area contributed by atoms with Crippen LogP contribution in [0.15, 0.2) is 24.3 Å². The first-order valence-corrected chi connectivity index (χ1v) is 9.41. The highest BCUT2D eigenvalue weighted by Crippen LogP contribution is 2.57. The van der Waals surface area contributed by atoms with Gasteiger partial charge in [0.2, 0.25) is 11.8 Å². The molecule has 0 aliphatic carbocycles. The maximum Gasteiger partial charge on any atom is 0.309 e. The fraction of sp³-hybridized carbons (Fsp3) is 0.385. The van der Waals surface area contributed by atoms with Gasteiger partial charge in [0, 0.05) is 18.1 Å². The third-order valence-corrected chi connectivity index (χ3v) is 7.46. The molecule has 1 unspecified atom stereocenters. The summed E-state index contributed by atoms with van der Waals surface area (Å²) in [5.74, 6) is -0.161. The van der Waals surface area contributed by atoms with E-state index in [1.54, 1.807) is 31.3 Å². The van der Waals surface area contributed by atoms with Crippen molar-refractivity contribution in [3.8, 4) is 5.75 Å². The van der Waals surface area contributed by atoms with Crippen molar-refractivity contribution in [3.05, 3.63) is 29.3 Å². The minimum Gasteiger partial charge on any atom is -0.433 e. The number of carbonyl (C=O) groups is 2. The number of halogens is 1. The fourth-order valence-electron chi connectivity index (χ4n) is 2.10. The number of nitrogens with zero attached hydrogens (tertiary/aromatic N) is 2. The zero-order valence-corrected chi connectivity index (χ0v) is 14.4. The van der Waals surface area contributed by atoms with Gasteiger partial charge in [0.05, 0.1) is 0 Å². The van der Waals surface area contributed by atoms with E-state index in [0.29, 0.717) is 10.8 Å². The average Bonchev–Trinajstić information content (AvgIpc) is 2.35. The van der Waals surface area contributed by atoms with Crippen LogP contribution in [-0.2, 0) is 21.4 Å². The molecule has 0 spiro atoms. The van der Waals surface area contributed by atoms with E-state index in [-0.39, 0.29) is 24.3 Å². The summed E-state index contributed by atoms with van der Waals surface area (Å²) >= 11 is 11.5. The lowest BCUT2D eigenvalue weighted by Gasteiger charge is -2.44. The van der Waals surface area contributed by atoms with Crippen molar-refractivity contribution < 1.29 is 14.1 Å². The predicted molar refractivity (Wildman–Crippen MR) is 85.7 cm³/mol. The second-order valence-electron chi connectivity index (χ2n) is 4.97. The molecule has 0 bridgehead atoms. The molecular formula is C13H16ClN2O3PS. The summed E-state index contributed by atoms with van der Waals surface area (Å²) in [6, 6.07) is 6.61. The Morgan fingerprint density at radius 3 is 2.57 bits per heavy atom. The predicted octanol–water partition coefficient (Wildman–Crippen LogP) is 3.04. The first-order valence-electron chi connectivity index (χ1n) is 6.40. The topological polar surface area (TPSA) is 49.9 Å². The summed E-state index contributed by atoms with van der Waals surface area (Å²) in [6.45, 7) is 0.720. The Labute approximate surface area is 134 Å². The third kappa shape index (κ3) is 3.07. The van der Waals surface area contributed by atoms with Crippen LogP contribution in [0, 0.1) is 0 Å². The van der Waals surface area contributed by atoms with Crippen molar-refractivity contribution >= 4 is 41.8 Å². The van der Waals surface area contributed by atoms with Gasteiger partial charge >= 0.3 is 6.57 Å². The number of amides is 2. The van der Waals surface area contributed by atoms with E-state index >= 15 is 0 Å². The Morgan fingerprint density at radius 2 is 2.00 bits per heavy atom. The molecule has 0 radical (unpaired) electrons. The van der Waals surface area contributed by atoms with Crippen molar-refractivity contribution in [2.75, 3.05) is 7.05 Å². The van der Waals surface area contributed by atoms with Gasteiger partial charge in [-0.1, -0.05) is 17.7 Å². The molecule has 5 nitrogen and oxygen atoms in total. The van der Waals surface area contributed by atoms with E-state index in [1.807, 2.05) is 13.8 Å². The monoisotopic (exact) mass is 346 g/mol. The maximum absolute atomic E-state index is 12.2. The first-order chi connectivity index (χ1) is 9.75. The van der Waals surface area contributed by atoms with Crippen LogP contribution in [0.3, 0.4) is 0 Å². The quantitative estimate of drug-likeness (QED) is 0.623. The Balaban J connectivity index is 2.44. The smallest absolute Gasteiger partial charge is 0.309 e. The van der Waals surface area contributed by atoms with Crippen LogP contribution >= 0.6 is 18.2 Å². The molecule has 0 N–H and O–H groups in total. The Bertz CT molecular complexity index is 638. The van der Waals surface area contributed by atoms with Gasteiger partial charge in [0.1, 0.15) is 12.2 Å². The third-order valence-electron chi connectivity index (χ3n) is 3.08. The molecule has 8 heteroatoms. The molecule has 0 saturated carbocycles. The molecule has 1 aromatic carbocycles. The fourth-order valence-corrected chi connectivity index (χ4v) is 5.82. The highest BCUT2D eigenvalue weighted by Gasteiger charge is 2.46. The highest BCUT2D eigenvalue weighted by molar-refractivity contribution is 8.10. The van der Waals surface area contributed by atoms with Crippen LogP contribution in [0.25, 0.3) is 0 Å². The second-order valence-corrected chi connectivity index (χ2v) is 9.02. The van der Waals surface area contributed by atoms with Gasteiger partial charge in [-0.3, -0.25) is 18.9 Å². The summed E-state index contributed by atoms with van der Waals surface area (Å²) in [5.41, 5.74) is 0. The van der Waals surface area contributed by atoms with Gasteiger partial charge in [-0.25, -0.2) is 0 Å². The maximum atomic E-state index is 12.2. The number of carbonyl (C=O) groups excluding carboxylic acids is 2. The molecule has 1 aliphatic rings.